The zero-order chi connectivity index (χ0) is 14.7. The predicted molar refractivity (Wildman–Crippen MR) is 90.9 cm³/mol. The van der Waals surface area contributed by atoms with E-state index in [1.165, 1.54) is 19.3 Å². The Morgan fingerprint density at radius 1 is 1.10 bits per heavy atom. The van der Waals surface area contributed by atoms with Crippen LogP contribution in [-0.4, -0.2) is 17.8 Å². The summed E-state index contributed by atoms with van der Waals surface area (Å²) in [5.41, 5.74) is 0.779. The van der Waals surface area contributed by atoms with Crippen molar-refractivity contribution in [1.82, 2.24) is 5.32 Å². The number of hydrogen-bond acceptors (Lipinski definition) is 1. The monoisotopic (exact) mass is 345 g/mol. The van der Waals surface area contributed by atoms with Crippen molar-refractivity contribution in [3.05, 3.63) is 48.0 Å². The van der Waals surface area contributed by atoms with E-state index in [-0.39, 0.29) is 5.91 Å². The van der Waals surface area contributed by atoms with Crippen LogP contribution in [0.1, 0.15) is 29.6 Å². The second-order valence-electron chi connectivity index (χ2n) is 5.84. The van der Waals surface area contributed by atoms with E-state index in [0.717, 1.165) is 28.2 Å². The van der Waals surface area contributed by atoms with Gasteiger partial charge in [0.2, 0.25) is 0 Å². The molecule has 0 heterocycles. The van der Waals surface area contributed by atoms with Crippen LogP contribution in [0.3, 0.4) is 0 Å². The van der Waals surface area contributed by atoms with E-state index < -0.39 is 0 Å². The zero-order valence-electron chi connectivity index (χ0n) is 12.0. The molecule has 2 nitrogen and oxygen atoms in total. The summed E-state index contributed by atoms with van der Waals surface area (Å²) in [4.78, 5) is 12.5. The van der Waals surface area contributed by atoms with E-state index in [0.29, 0.717) is 11.8 Å². The number of halogens is 1. The number of amides is 1. The number of carbonyl (C=O) groups excluding carboxylic acids is 1. The number of hydrogen-bond donors (Lipinski definition) is 1. The topological polar surface area (TPSA) is 29.1 Å². The Labute approximate surface area is 134 Å². The highest BCUT2D eigenvalue weighted by Crippen LogP contribution is 2.32. The van der Waals surface area contributed by atoms with Gasteiger partial charge in [-0.3, -0.25) is 4.79 Å². The maximum absolute atomic E-state index is 12.5. The van der Waals surface area contributed by atoms with Crippen LogP contribution in [0.15, 0.2) is 42.5 Å². The van der Waals surface area contributed by atoms with E-state index in [4.69, 9.17) is 0 Å². The van der Waals surface area contributed by atoms with Gasteiger partial charge >= 0.3 is 0 Å². The highest BCUT2D eigenvalue weighted by molar-refractivity contribution is 9.09. The molecule has 0 aliphatic heterocycles. The average Bonchev–Trinajstić information content (AvgIpc) is 2.99. The standard InChI is InChI=1S/C18H20BrNO/c19-11-14-7-3-8-15(14)12-20-18(21)17-10-4-6-13-5-1-2-9-16(13)17/h1-2,4-6,9-10,14-15H,3,7-8,11-12H2,(H,20,21). The van der Waals surface area contributed by atoms with Gasteiger partial charge < -0.3 is 5.32 Å². The van der Waals surface area contributed by atoms with E-state index in [1.807, 2.05) is 42.5 Å². The van der Waals surface area contributed by atoms with Crippen LogP contribution in [0.4, 0.5) is 0 Å². The van der Waals surface area contributed by atoms with Crippen molar-refractivity contribution in [2.75, 3.05) is 11.9 Å². The first kappa shape index (κ1) is 14.6. The van der Waals surface area contributed by atoms with Crippen LogP contribution in [-0.2, 0) is 0 Å². The van der Waals surface area contributed by atoms with Gasteiger partial charge in [-0.05, 0) is 41.5 Å². The largest absolute Gasteiger partial charge is 0.352 e. The van der Waals surface area contributed by atoms with Gasteiger partial charge in [-0.25, -0.2) is 0 Å². The Hall–Kier alpha value is -1.35. The van der Waals surface area contributed by atoms with Crippen LogP contribution in [0, 0.1) is 11.8 Å². The number of rotatable bonds is 4. The minimum Gasteiger partial charge on any atom is -0.352 e. The molecule has 0 bridgehead atoms. The van der Waals surface area contributed by atoms with Crippen LogP contribution in [0.5, 0.6) is 0 Å². The van der Waals surface area contributed by atoms with Crippen molar-refractivity contribution >= 4 is 32.6 Å². The lowest BCUT2D eigenvalue weighted by Crippen LogP contribution is -2.31. The molecule has 1 aliphatic carbocycles. The van der Waals surface area contributed by atoms with Gasteiger partial charge in [0.05, 0.1) is 0 Å². The zero-order valence-corrected chi connectivity index (χ0v) is 13.6. The molecule has 0 spiro atoms. The molecular formula is C18H20BrNO. The lowest BCUT2D eigenvalue weighted by molar-refractivity contribution is 0.0946. The third-order valence-electron chi connectivity index (χ3n) is 4.57. The summed E-state index contributed by atoms with van der Waals surface area (Å²) in [5.74, 6) is 1.37. The fourth-order valence-electron chi connectivity index (χ4n) is 3.33. The second kappa shape index (κ2) is 6.61. The fourth-order valence-corrected chi connectivity index (χ4v) is 4.18. The second-order valence-corrected chi connectivity index (χ2v) is 6.49. The SMILES string of the molecule is O=C(NCC1CCCC1CBr)c1cccc2ccccc12. The quantitative estimate of drug-likeness (QED) is 0.818. The number of benzene rings is 2. The Morgan fingerprint density at radius 2 is 1.86 bits per heavy atom. The Morgan fingerprint density at radius 3 is 2.71 bits per heavy atom. The Bertz CT molecular complexity index is 635. The number of alkyl halides is 1. The molecule has 1 aliphatic rings. The van der Waals surface area contributed by atoms with Crippen molar-refractivity contribution in [2.45, 2.75) is 19.3 Å². The van der Waals surface area contributed by atoms with Crippen molar-refractivity contribution < 1.29 is 4.79 Å². The van der Waals surface area contributed by atoms with E-state index >= 15 is 0 Å². The van der Waals surface area contributed by atoms with E-state index in [1.54, 1.807) is 0 Å². The van der Waals surface area contributed by atoms with Crippen molar-refractivity contribution in [2.24, 2.45) is 11.8 Å². The van der Waals surface area contributed by atoms with Gasteiger partial charge in [0.15, 0.2) is 0 Å². The molecule has 1 N–H and O–H groups in total. The van der Waals surface area contributed by atoms with Gasteiger partial charge in [0, 0.05) is 17.4 Å². The molecule has 0 saturated heterocycles. The first-order valence-corrected chi connectivity index (χ1v) is 8.73. The molecule has 0 radical (unpaired) electrons. The molecule has 1 fully saturated rings. The smallest absolute Gasteiger partial charge is 0.251 e. The third kappa shape index (κ3) is 3.13. The summed E-state index contributed by atoms with van der Waals surface area (Å²) in [6.07, 6.45) is 3.79. The lowest BCUT2D eigenvalue weighted by atomic mass is 9.98. The molecular weight excluding hydrogens is 326 g/mol. The summed E-state index contributed by atoms with van der Waals surface area (Å²) in [6.45, 7) is 0.790. The molecule has 2 unspecified atom stereocenters. The molecule has 2 aromatic carbocycles. The summed E-state index contributed by atoms with van der Waals surface area (Å²) in [7, 11) is 0. The van der Waals surface area contributed by atoms with Crippen LogP contribution < -0.4 is 5.32 Å². The van der Waals surface area contributed by atoms with Crippen LogP contribution in [0.2, 0.25) is 0 Å². The maximum Gasteiger partial charge on any atom is 0.251 e. The Kier molecular flexibility index (Phi) is 4.59. The van der Waals surface area contributed by atoms with Gasteiger partial charge in [0.1, 0.15) is 0 Å². The molecule has 1 amide bonds. The number of fused-ring (bicyclic) bond motifs is 1. The van der Waals surface area contributed by atoms with Crippen molar-refractivity contribution in [3.63, 3.8) is 0 Å². The molecule has 1 saturated carbocycles. The molecule has 0 aromatic heterocycles. The van der Waals surface area contributed by atoms with Gasteiger partial charge in [-0.2, -0.15) is 0 Å². The summed E-state index contributed by atoms with van der Waals surface area (Å²) in [5, 5.41) is 6.32. The minimum absolute atomic E-state index is 0.0482. The molecule has 21 heavy (non-hydrogen) atoms. The van der Waals surface area contributed by atoms with Gasteiger partial charge in [-0.15, -0.1) is 0 Å². The van der Waals surface area contributed by atoms with Gasteiger partial charge in [0.25, 0.3) is 5.91 Å². The summed E-state index contributed by atoms with van der Waals surface area (Å²) in [6, 6.07) is 14.0. The highest BCUT2D eigenvalue weighted by Gasteiger charge is 2.26. The Balaban J connectivity index is 1.72. The minimum atomic E-state index is 0.0482. The number of nitrogens with one attached hydrogen (secondary N) is 1. The third-order valence-corrected chi connectivity index (χ3v) is 5.41. The molecule has 2 aromatic rings. The maximum atomic E-state index is 12.5. The van der Waals surface area contributed by atoms with Crippen LogP contribution in [0.25, 0.3) is 10.8 Å². The highest BCUT2D eigenvalue weighted by atomic mass is 79.9. The predicted octanol–water partition coefficient (Wildman–Crippen LogP) is 4.38. The van der Waals surface area contributed by atoms with Crippen LogP contribution >= 0.6 is 15.9 Å². The van der Waals surface area contributed by atoms with Crippen molar-refractivity contribution in [1.29, 1.82) is 0 Å². The molecule has 110 valence electrons. The van der Waals surface area contributed by atoms with E-state index in [2.05, 4.69) is 21.2 Å². The molecule has 3 heteroatoms. The first-order chi connectivity index (χ1) is 10.3. The summed E-state index contributed by atoms with van der Waals surface area (Å²) < 4.78 is 0. The fraction of sp³-hybridized carbons (Fsp3) is 0.389. The first-order valence-electron chi connectivity index (χ1n) is 7.61. The van der Waals surface area contributed by atoms with E-state index in [9.17, 15) is 4.79 Å². The number of carbonyl (C=O) groups is 1. The lowest BCUT2D eigenvalue weighted by Gasteiger charge is -2.18. The summed E-state index contributed by atoms with van der Waals surface area (Å²) >= 11 is 3.59. The average molecular weight is 346 g/mol. The van der Waals surface area contributed by atoms with Gasteiger partial charge in [-0.1, -0.05) is 58.7 Å². The normalized spacial score (nSPS) is 21.6. The molecule has 3 rings (SSSR count). The molecule has 2 atom stereocenters. The van der Waals surface area contributed by atoms with Crippen molar-refractivity contribution in [3.8, 4) is 0 Å².